The highest BCUT2D eigenvalue weighted by Gasteiger charge is 2.38. The van der Waals surface area contributed by atoms with E-state index in [2.05, 4.69) is 51.3 Å². The van der Waals surface area contributed by atoms with Gasteiger partial charge in [0.05, 0.1) is 6.33 Å². The van der Waals surface area contributed by atoms with Crippen molar-refractivity contribution in [1.82, 2.24) is 19.9 Å². The Morgan fingerprint density at radius 1 is 1.00 bits per heavy atom. The number of imidazole rings is 1. The second-order valence-electron chi connectivity index (χ2n) is 7.89. The number of nitrogens with one attached hydrogen (secondary N) is 3. The van der Waals surface area contributed by atoms with Crippen molar-refractivity contribution in [3.8, 4) is 0 Å². The van der Waals surface area contributed by atoms with Crippen molar-refractivity contribution in [1.29, 1.82) is 0 Å². The summed E-state index contributed by atoms with van der Waals surface area (Å²) in [5, 5.41) is 20.8. The van der Waals surface area contributed by atoms with Gasteiger partial charge in [-0.3, -0.25) is 0 Å². The minimum absolute atomic E-state index is 0.205. The van der Waals surface area contributed by atoms with Crippen molar-refractivity contribution in [3.05, 3.63) is 30.5 Å². The van der Waals surface area contributed by atoms with Crippen molar-refractivity contribution < 1.29 is 46.1 Å². The molecule has 0 unspecified atom stereocenters. The Labute approximate surface area is 196 Å². The fraction of sp³-hybridized carbons (Fsp3) is 0.526. The molecular formula is C19H26F6N6O4. The van der Waals surface area contributed by atoms with Crippen LogP contribution in [-0.4, -0.2) is 67.5 Å². The molecule has 0 atom stereocenters. The van der Waals surface area contributed by atoms with Crippen LogP contribution >= 0.6 is 0 Å². The highest BCUT2D eigenvalue weighted by molar-refractivity contribution is 5.73. The number of H-pyrrole nitrogens is 1. The van der Waals surface area contributed by atoms with Crippen LogP contribution in [0.25, 0.3) is 0 Å². The van der Waals surface area contributed by atoms with Gasteiger partial charge in [0.2, 0.25) is 5.95 Å². The molecule has 2 aromatic heterocycles. The van der Waals surface area contributed by atoms with E-state index in [0.717, 1.165) is 37.4 Å². The Hall–Kier alpha value is -3.59. The predicted octanol–water partition coefficient (Wildman–Crippen LogP) is 3.97. The number of hydrogen-bond donors (Lipinski definition) is 5. The van der Waals surface area contributed by atoms with Crippen LogP contribution in [-0.2, 0) is 16.0 Å². The highest BCUT2D eigenvalue weighted by Crippen LogP contribution is 2.15. The fourth-order valence-corrected chi connectivity index (χ4v) is 1.80. The molecule has 198 valence electrons. The molecule has 35 heavy (non-hydrogen) atoms. The summed E-state index contributed by atoms with van der Waals surface area (Å²) >= 11 is 0. The van der Waals surface area contributed by atoms with E-state index in [9.17, 15) is 26.3 Å². The third kappa shape index (κ3) is 16.6. The van der Waals surface area contributed by atoms with Gasteiger partial charge in [0.1, 0.15) is 5.82 Å². The molecule has 2 aromatic rings. The molecule has 2 heterocycles. The number of aromatic nitrogens is 4. The first-order chi connectivity index (χ1) is 15.9. The number of carbonyl (C=O) groups is 2. The molecule has 0 aliphatic rings. The van der Waals surface area contributed by atoms with Crippen molar-refractivity contribution >= 4 is 23.7 Å². The first-order valence-corrected chi connectivity index (χ1v) is 9.80. The second kappa shape index (κ2) is 14.0. The molecule has 0 amide bonds. The van der Waals surface area contributed by atoms with E-state index in [0.29, 0.717) is 5.95 Å². The number of halogens is 6. The van der Waals surface area contributed by atoms with Crippen molar-refractivity contribution in [2.75, 3.05) is 23.7 Å². The Morgan fingerprint density at radius 3 is 1.97 bits per heavy atom. The number of carboxylic acids is 2. The van der Waals surface area contributed by atoms with Gasteiger partial charge < -0.3 is 25.8 Å². The molecular weight excluding hydrogens is 490 g/mol. The summed E-state index contributed by atoms with van der Waals surface area (Å²) in [7, 11) is 0. The summed E-state index contributed by atoms with van der Waals surface area (Å²) in [6, 6.07) is 1.89. The number of aromatic amines is 1. The van der Waals surface area contributed by atoms with Gasteiger partial charge in [0, 0.05) is 31.2 Å². The minimum atomic E-state index is -5.08. The van der Waals surface area contributed by atoms with E-state index in [4.69, 9.17) is 19.8 Å². The average molecular weight is 516 g/mol. The van der Waals surface area contributed by atoms with Gasteiger partial charge >= 0.3 is 24.3 Å². The Bertz CT molecular complexity index is 874. The molecule has 0 radical (unpaired) electrons. The molecule has 0 aliphatic carbocycles. The summed E-state index contributed by atoms with van der Waals surface area (Å²) in [5.41, 5.74) is 1.36. The molecule has 0 aliphatic heterocycles. The maximum Gasteiger partial charge on any atom is 0.490 e. The van der Waals surface area contributed by atoms with E-state index in [-0.39, 0.29) is 5.41 Å². The summed E-state index contributed by atoms with van der Waals surface area (Å²) in [6.07, 6.45) is -2.82. The van der Waals surface area contributed by atoms with Crippen LogP contribution in [0.4, 0.5) is 38.1 Å². The second-order valence-corrected chi connectivity index (χ2v) is 7.89. The topological polar surface area (TPSA) is 153 Å². The summed E-state index contributed by atoms with van der Waals surface area (Å²) in [5.74, 6) is -3.99. The van der Waals surface area contributed by atoms with Crippen LogP contribution in [0.2, 0.25) is 0 Å². The lowest BCUT2D eigenvalue weighted by Crippen LogP contribution is -2.21. The van der Waals surface area contributed by atoms with Crippen LogP contribution in [0.15, 0.2) is 24.8 Å². The quantitative estimate of drug-likeness (QED) is 0.272. The van der Waals surface area contributed by atoms with E-state index < -0.39 is 24.3 Å². The van der Waals surface area contributed by atoms with E-state index in [1.807, 2.05) is 12.3 Å². The van der Waals surface area contributed by atoms with Crippen molar-refractivity contribution in [2.45, 2.75) is 46.0 Å². The number of nitrogens with zero attached hydrogens (tertiary/aromatic N) is 3. The molecule has 10 nitrogen and oxygen atoms in total. The number of carboxylic acid groups (broad SMARTS) is 2. The fourth-order valence-electron chi connectivity index (χ4n) is 1.80. The molecule has 0 fully saturated rings. The first-order valence-electron chi connectivity index (χ1n) is 9.80. The zero-order chi connectivity index (χ0) is 27.3. The molecule has 5 N–H and O–H groups in total. The number of alkyl halides is 6. The van der Waals surface area contributed by atoms with Crippen LogP contribution in [0, 0.1) is 5.41 Å². The van der Waals surface area contributed by atoms with Gasteiger partial charge in [-0.05, 0) is 24.3 Å². The van der Waals surface area contributed by atoms with E-state index >= 15 is 0 Å². The average Bonchev–Trinajstić information content (AvgIpc) is 3.23. The smallest absolute Gasteiger partial charge is 0.475 e. The van der Waals surface area contributed by atoms with Crippen molar-refractivity contribution in [3.63, 3.8) is 0 Å². The highest BCUT2D eigenvalue weighted by atomic mass is 19.4. The van der Waals surface area contributed by atoms with Crippen LogP contribution < -0.4 is 10.6 Å². The number of aryl methyl sites for hydroxylation is 1. The van der Waals surface area contributed by atoms with Gasteiger partial charge in [-0.15, -0.1) is 0 Å². The third-order valence-electron chi connectivity index (χ3n) is 3.40. The molecule has 16 heteroatoms. The maximum absolute atomic E-state index is 10.6. The summed E-state index contributed by atoms with van der Waals surface area (Å²) in [6.45, 7) is 8.25. The number of rotatable bonds is 7. The largest absolute Gasteiger partial charge is 0.490 e. The van der Waals surface area contributed by atoms with Crippen LogP contribution in [0.5, 0.6) is 0 Å². The van der Waals surface area contributed by atoms with E-state index in [1.54, 1.807) is 12.5 Å². The monoisotopic (exact) mass is 516 g/mol. The van der Waals surface area contributed by atoms with Gasteiger partial charge in [0.25, 0.3) is 0 Å². The maximum atomic E-state index is 10.6. The van der Waals surface area contributed by atoms with Gasteiger partial charge in [0.15, 0.2) is 0 Å². The Morgan fingerprint density at radius 2 is 1.54 bits per heavy atom. The molecule has 0 spiro atoms. The summed E-state index contributed by atoms with van der Waals surface area (Å²) in [4.78, 5) is 33.6. The lowest BCUT2D eigenvalue weighted by Gasteiger charge is -2.18. The van der Waals surface area contributed by atoms with Gasteiger partial charge in [-0.25, -0.2) is 19.6 Å². The third-order valence-corrected chi connectivity index (χ3v) is 3.40. The molecule has 0 saturated heterocycles. The zero-order valence-electron chi connectivity index (χ0n) is 19.0. The Balaban J connectivity index is 0.000000680. The lowest BCUT2D eigenvalue weighted by molar-refractivity contribution is -0.193. The van der Waals surface area contributed by atoms with Crippen LogP contribution in [0.1, 0.15) is 32.9 Å². The zero-order valence-corrected chi connectivity index (χ0v) is 19.0. The molecule has 0 bridgehead atoms. The Kier molecular flexibility index (Phi) is 12.5. The molecule has 0 saturated carbocycles. The van der Waals surface area contributed by atoms with E-state index in [1.165, 1.54) is 0 Å². The normalized spacial score (nSPS) is 11.3. The van der Waals surface area contributed by atoms with Crippen LogP contribution in [0.3, 0.4) is 0 Å². The number of hydrogen-bond acceptors (Lipinski definition) is 7. The first kappa shape index (κ1) is 31.4. The number of anilines is 2. The standard InChI is InChI=1S/C15H24N6.2C2HF3O2/c1-15(2,3)10-19-14-18-8-6-13(21-14)17-7-4-5-12-9-16-11-20-12;2*3-2(4,5)1(6)7/h6,8-9,11H,4-5,7,10H2,1-3H3,(H,16,20)(H2,17,18,19,21);2*(H,6,7). The predicted molar refractivity (Wildman–Crippen MR) is 113 cm³/mol. The molecule has 2 rings (SSSR count). The lowest BCUT2D eigenvalue weighted by atomic mass is 9.97. The van der Waals surface area contributed by atoms with Crippen molar-refractivity contribution in [2.24, 2.45) is 5.41 Å². The van der Waals surface area contributed by atoms with Gasteiger partial charge in [-0.1, -0.05) is 20.8 Å². The molecule has 0 aromatic carbocycles. The minimum Gasteiger partial charge on any atom is -0.475 e. The number of aliphatic carboxylic acids is 2. The van der Waals surface area contributed by atoms with Gasteiger partial charge in [-0.2, -0.15) is 31.3 Å². The summed E-state index contributed by atoms with van der Waals surface area (Å²) < 4.78 is 63.5. The SMILES string of the molecule is CC(C)(C)CNc1nccc(NCCCc2cnc[nH]2)n1.O=C(O)C(F)(F)F.O=C(O)C(F)(F)F.